The minimum Gasteiger partial charge on any atom is -0.404 e. The lowest BCUT2D eigenvalue weighted by atomic mass is 9.43. The van der Waals surface area contributed by atoms with Gasteiger partial charge in [-0.3, -0.25) is 9.59 Å². The highest BCUT2D eigenvalue weighted by molar-refractivity contribution is 6.47. The SMILES string of the molecule is CCCCCCCCCC(=O)N[C@@H](CN)C(=O)N[C@@H](CC(C)C)B1O[C@@H]2C[C@H]3C[C@H](C3(C)C)[C@]2(C)O1. The Hall–Kier alpha value is -1.12. The van der Waals surface area contributed by atoms with Crippen molar-refractivity contribution in [2.75, 3.05) is 6.54 Å². The van der Waals surface area contributed by atoms with Gasteiger partial charge in [0.25, 0.3) is 0 Å². The molecule has 1 heterocycles. The Morgan fingerprint density at radius 3 is 2.31 bits per heavy atom. The van der Waals surface area contributed by atoms with Crippen LogP contribution in [0.15, 0.2) is 0 Å². The van der Waals surface area contributed by atoms with Crippen LogP contribution in [0.1, 0.15) is 112 Å². The van der Waals surface area contributed by atoms with Crippen LogP contribution < -0.4 is 16.4 Å². The first-order chi connectivity index (χ1) is 17.0. The molecule has 8 heteroatoms. The second kappa shape index (κ2) is 12.6. The van der Waals surface area contributed by atoms with Crippen LogP contribution in [-0.2, 0) is 18.9 Å². The van der Waals surface area contributed by atoms with Gasteiger partial charge >= 0.3 is 7.12 Å². The second-order valence-corrected chi connectivity index (χ2v) is 12.8. The van der Waals surface area contributed by atoms with E-state index in [1.807, 2.05) is 0 Å². The van der Waals surface area contributed by atoms with Gasteiger partial charge in [0.1, 0.15) is 6.04 Å². The van der Waals surface area contributed by atoms with Crippen molar-refractivity contribution in [3.63, 3.8) is 0 Å². The molecular formula is C28H52BN3O4. The van der Waals surface area contributed by atoms with E-state index < -0.39 is 13.2 Å². The fourth-order valence-electron chi connectivity index (χ4n) is 6.84. The molecule has 0 aromatic rings. The van der Waals surface area contributed by atoms with Crippen LogP contribution in [-0.4, -0.2) is 49.2 Å². The molecule has 6 atom stereocenters. The Balaban J connectivity index is 1.51. The van der Waals surface area contributed by atoms with E-state index in [9.17, 15) is 9.59 Å². The first-order valence-electron chi connectivity index (χ1n) is 14.7. The Labute approximate surface area is 219 Å². The number of nitrogens with one attached hydrogen (secondary N) is 2. The summed E-state index contributed by atoms with van der Waals surface area (Å²) in [5.74, 6) is 0.850. The Morgan fingerprint density at radius 2 is 1.69 bits per heavy atom. The number of rotatable bonds is 15. The maximum Gasteiger partial charge on any atom is 0.481 e. The van der Waals surface area contributed by atoms with Crippen LogP contribution in [0.25, 0.3) is 0 Å². The predicted molar refractivity (Wildman–Crippen MR) is 145 cm³/mol. The summed E-state index contributed by atoms with van der Waals surface area (Å²) >= 11 is 0. The van der Waals surface area contributed by atoms with Crippen molar-refractivity contribution in [2.45, 2.75) is 136 Å². The van der Waals surface area contributed by atoms with Gasteiger partial charge in [0.15, 0.2) is 0 Å². The second-order valence-electron chi connectivity index (χ2n) is 12.8. The minimum absolute atomic E-state index is 0.0631. The lowest BCUT2D eigenvalue weighted by molar-refractivity contribution is -0.199. The van der Waals surface area contributed by atoms with E-state index in [0.29, 0.717) is 24.2 Å². The fraction of sp³-hybridized carbons (Fsp3) is 0.929. The molecular weight excluding hydrogens is 453 g/mol. The molecule has 0 aromatic carbocycles. The van der Waals surface area contributed by atoms with Crippen molar-refractivity contribution >= 4 is 18.9 Å². The first kappa shape index (κ1) is 29.4. The van der Waals surface area contributed by atoms with Crippen LogP contribution in [0.4, 0.5) is 0 Å². The largest absolute Gasteiger partial charge is 0.481 e. The van der Waals surface area contributed by atoms with Crippen LogP contribution in [0.2, 0.25) is 0 Å². The zero-order valence-electron chi connectivity index (χ0n) is 23.7. The molecule has 1 saturated heterocycles. The molecule has 0 radical (unpaired) electrons. The minimum atomic E-state index is -0.747. The van der Waals surface area contributed by atoms with Crippen molar-refractivity contribution < 1.29 is 18.9 Å². The van der Waals surface area contributed by atoms with Crippen molar-refractivity contribution in [1.82, 2.24) is 10.6 Å². The standard InChI is InChI=1S/C28H52BN3O4/c1-7-8-9-10-11-12-13-14-25(33)31-21(18-30)26(34)32-24(15-19(2)3)29-35-23-17-20-16-22(27(20,4)5)28(23,6)36-29/h19-24H,7-18,30H2,1-6H3,(H,31,33)(H,32,34)/t20-,21+,22-,23-,24+,28+/m1/s1. The van der Waals surface area contributed by atoms with E-state index in [0.717, 1.165) is 32.1 Å². The molecule has 3 saturated carbocycles. The molecule has 2 amide bonds. The highest BCUT2D eigenvalue weighted by atomic mass is 16.7. The topological polar surface area (TPSA) is 103 Å². The van der Waals surface area contributed by atoms with Gasteiger partial charge in [0.05, 0.1) is 17.6 Å². The van der Waals surface area contributed by atoms with Gasteiger partial charge in [0.2, 0.25) is 11.8 Å². The maximum absolute atomic E-state index is 13.2. The summed E-state index contributed by atoms with van der Waals surface area (Å²) in [5, 5.41) is 5.99. The van der Waals surface area contributed by atoms with Crippen molar-refractivity contribution in [3.8, 4) is 0 Å². The lowest BCUT2D eigenvalue weighted by Crippen LogP contribution is -2.65. The van der Waals surface area contributed by atoms with E-state index in [-0.39, 0.29) is 41.4 Å². The van der Waals surface area contributed by atoms with Gasteiger partial charge in [-0.2, -0.15) is 0 Å². The predicted octanol–water partition coefficient (Wildman–Crippen LogP) is 4.37. The summed E-state index contributed by atoms with van der Waals surface area (Å²) in [6.45, 7) is 13.4. The van der Waals surface area contributed by atoms with Gasteiger partial charge in [-0.25, -0.2) is 0 Å². The Morgan fingerprint density at radius 1 is 1.03 bits per heavy atom. The molecule has 206 valence electrons. The number of carbonyl (C=O) groups is 2. The molecule has 0 spiro atoms. The highest BCUT2D eigenvalue weighted by Crippen LogP contribution is 2.65. The molecule has 2 bridgehead atoms. The van der Waals surface area contributed by atoms with E-state index in [4.69, 9.17) is 15.0 Å². The Bertz CT molecular complexity index is 748. The third-order valence-corrected chi connectivity index (χ3v) is 9.25. The van der Waals surface area contributed by atoms with Crippen molar-refractivity contribution in [2.24, 2.45) is 28.9 Å². The smallest absolute Gasteiger partial charge is 0.404 e. The molecule has 1 aliphatic heterocycles. The monoisotopic (exact) mass is 505 g/mol. The summed E-state index contributed by atoms with van der Waals surface area (Å²) in [5.41, 5.74) is 5.86. The summed E-state index contributed by atoms with van der Waals surface area (Å²) in [7, 11) is -0.483. The van der Waals surface area contributed by atoms with Crippen LogP contribution in [0.3, 0.4) is 0 Å². The maximum atomic E-state index is 13.2. The number of hydrogen-bond acceptors (Lipinski definition) is 5. The average Bonchev–Trinajstić information content (AvgIpc) is 3.18. The lowest BCUT2D eigenvalue weighted by Gasteiger charge is -2.64. The number of nitrogens with two attached hydrogens (primary N) is 1. The van der Waals surface area contributed by atoms with Gasteiger partial charge < -0.3 is 25.7 Å². The number of hydrogen-bond donors (Lipinski definition) is 3. The highest BCUT2D eigenvalue weighted by Gasteiger charge is 2.68. The number of unbranched alkanes of at least 4 members (excludes halogenated alkanes) is 6. The summed E-state index contributed by atoms with van der Waals surface area (Å²) in [6.07, 6.45) is 11.5. The average molecular weight is 506 g/mol. The summed E-state index contributed by atoms with van der Waals surface area (Å²) in [6, 6.07) is -0.747. The molecule has 4 N–H and O–H groups in total. The molecule has 4 fully saturated rings. The molecule has 0 unspecified atom stereocenters. The number of carbonyl (C=O) groups excluding carboxylic acids is 2. The summed E-state index contributed by atoms with van der Waals surface area (Å²) < 4.78 is 13.1. The van der Waals surface area contributed by atoms with E-state index in [2.05, 4.69) is 52.2 Å². The fourth-order valence-corrected chi connectivity index (χ4v) is 6.84. The zero-order valence-corrected chi connectivity index (χ0v) is 23.7. The molecule has 36 heavy (non-hydrogen) atoms. The van der Waals surface area contributed by atoms with Crippen molar-refractivity contribution in [1.29, 1.82) is 0 Å². The van der Waals surface area contributed by atoms with Gasteiger partial charge in [0, 0.05) is 13.0 Å². The van der Waals surface area contributed by atoms with Gasteiger partial charge in [-0.05, 0) is 55.8 Å². The quantitative estimate of drug-likeness (QED) is 0.227. The molecule has 7 nitrogen and oxygen atoms in total. The van der Waals surface area contributed by atoms with Crippen molar-refractivity contribution in [3.05, 3.63) is 0 Å². The van der Waals surface area contributed by atoms with E-state index >= 15 is 0 Å². The third kappa shape index (κ3) is 6.65. The normalized spacial score (nSPS) is 29.9. The van der Waals surface area contributed by atoms with Crippen LogP contribution in [0.5, 0.6) is 0 Å². The Kier molecular flexibility index (Phi) is 10.3. The van der Waals surface area contributed by atoms with Gasteiger partial charge in [-0.15, -0.1) is 0 Å². The zero-order chi connectivity index (χ0) is 26.5. The van der Waals surface area contributed by atoms with Crippen LogP contribution >= 0.6 is 0 Å². The van der Waals surface area contributed by atoms with E-state index in [1.54, 1.807) is 0 Å². The first-order valence-corrected chi connectivity index (χ1v) is 14.7. The summed E-state index contributed by atoms with van der Waals surface area (Å²) in [4.78, 5) is 25.7. The molecule has 4 aliphatic rings. The van der Waals surface area contributed by atoms with Gasteiger partial charge in [-0.1, -0.05) is 73.1 Å². The third-order valence-electron chi connectivity index (χ3n) is 9.25. The molecule has 3 aliphatic carbocycles. The van der Waals surface area contributed by atoms with E-state index in [1.165, 1.54) is 32.1 Å². The van der Waals surface area contributed by atoms with Crippen LogP contribution in [0, 0.1) is 23.2 Å². The molecule has 4 rings (SSSR count). The number of amides is 2. The molecule has 0 aromatic heterocycles.